The number of amides is 1. The van der Waals surface area contributed by atoms with E-state index in [2.05, 4.69) is 15.5 Å². The Morgan fingerprint density at radius 1 is 1.12 bits per heavy atom. The first-order valence-electron chi connectivity index (χ1n) is 7.91. The van der Waals surface area contributed by atoms with Crippen molar-refractivity contribution in [2.75, 3.05) is 5.32 Å². The lowest BCUT2D eigenvalue weighted by molar-refractivity contribution is -0.125. The Labute approximate surface area is 143 Å². The van der Waals surface area contributed by atoms with E-state index in [-0.39, 0.29) is 5.91 Å². The molecule has 1 amide bonds. The third-order valence-electron chi connectivity index (χ3n) is 4.14. The average molecular weight is 333 g/mol. The maximum Gasteiger partial charge on any atom is 0.339 e. The second-order valence-electron chi connectivity index (χ2n) is 5.77. The lowest BCUT2D eigenvalue weighted by Gasteiger charge is -2.23. The van der Waals surface area contributed by atoms with Gasteiger partial charge in [-0.25, -0.2) is 4.79 Å². The Hall–Kier alpha value is -3.41. The van der Waals surface area contributed by atoms with Gasteiger partial charge in [0.25, 0.3) is 5.91 Å². The first-order chi connectivity index (χ1) is 12.2. The van der Waals surface area contributed by atoms with Crippen LogP contribution in [-0.2, 0) is 16.0 Å². The highest BCUT2D eigenvalue weighted by molar-refractivity contribution is 6.01. The second-order valence-corrected chi connectivity index (χ2v) is 5.77. The molecule has 2 N–H and O–H groups in total. The fourth-order valence-corrected chi connectivity index (χ4v) is 2.90. The van der Waals surface area contributed by atoms with Crippen LogP contribution in [0.3, 0.4) is 0 Å². The SMILES string of the molecule is O=C1O[C@H](C(=O)Nc2cn[nH]c2-c2ccccc2)Cc2ccccc21. The van der Waals surface area contributed by atoms with Gasteiger partial charge in [0.15, 0.2) is 6.10 Å². The normalized spacial score (nSPS) is 16.0. The number of rotatable bonds is 3. The minimum Gasteiger partial charge on any atom is -0.448 e. The van der Waals surface area contributed by atoms with Gasteiger partial charge in [0.05, 0.1) is 23.1 Å². The minimum absolute atomic E-state index is 0.353. The number of carbonyl (C=O) groups excluding carboxylic acids is 2. The van der Waals surface area contributed by atoms with Gasteiger partial charge in [-0.2, -0.15) is 5.10 Å². The molecular weight excluding hydrogens is 318 g/mol. The predicted molar refractivity (Wildman–Crippen MR) is 92.0 cm³/mol. The van der Waals surface area contributed by atoms with Crippen LogP contribution in [0, 0.1) is 0 Å². The number of carbonyl (C=O) groups is 2. The van der Waals surface area contributed by atoms with E-state index in [0.717, 1.165) is 11.1 Å². The van der Waals surface area contributed by atoms with Crippen molar-refractivity contribution >= 4 is 17.6 Å². The van der Waals surface area contributed by atoms with Crippen LogP contribution in [0.15, 0.2) is 60.8 Å². The van der Waals surface area contributed by atoms with Gasteiger partial charge in [-0.3, -0.25) is 9.89 Å². The molecular formula is C19H15N3O3. The molecule has 0 unspecified atom stereocenters. The highest BCUT2D eigenvalue weighted by Crippen LogP contribution is 2.26. The van der Waals surface area contributed by atoms with Gasteiger partial charge in [0.2, 0.25) is 0 Å². The molecule has 0 fully saturated rings. The first kappa shape index (κ1) is 15.1. The number of ether oxygens (including phenoxy) is 1. The van der Waals surface area contributed by atoms with E-state index in [1.54, 1.807) is 18.3 Å². The number of benzene rings is 2. The highest BCUT2D eigenvalue weighted by Gasteiger charge is 2.31. The molecule has 124 valence electrons. The molecule has 0 saturated heterocycles. The van der Waals surface area contributed by atoms with Crippen LogP contribution in [0.2, 0.25) is 0 Å². The molecule has 3 aromatic rings. The summed E-state index contributed by atoms with van der Waals surface area (Å²) in [6.07, 6.45) is 1.03. The average Bonchev–Trinajstić information content (AvgIpc) is 3.10. The van der Waals surface area contributed by atoms with Gasteiger partial charge >= 0.3 is 5.97 Å². The number of anilines is 1. The van der Waals surface area contributed by atoms with Gasteiger partial charge in [-0.05, 0) is 11.6 Å². The molecule has 6 nitrogen and oxygen atoms in total. The number of hydrogen-bond acceptors (Lipinski definition) is 4. The van der Waals surface area contributed by atoms with Crippen molar-refractivity contribution in [1.82, 2.24) is 10.2 Å². The van der Waals surface area contributed by atoms with E-state index in [9.17, 15) is 9.59 Å². The Kier molecular flexibility index (Phi) is 3.78. The Bertz CT molecular complexity index is 934. The van der Waals surface area contributed by atoms with Gasteiger partial charge in [0, 0.05) is 12.0 Å². The number of H-pyrrole nitrogens is 1. The Balaban J connectivity index is 1.55. The summed E-state index contributed by atoms with van der Waals surface area (Å²) >= 11 is 0. The molecule has 0 bridgehead atoms. The van der Waals surface area contributed by atoms with Crippen molar-refractivity contribution in [3.63, 3.8) is 0 Å². The van der Waals surface area contributed by atoms with Crippen molar-refractivity contribution < 1.29 is 14.3 Å². The molecule has 0 saturated carbocycles. The number of nitrogens with one attached hydrogen (secondary N) is 2. The zero-order chi connectivity index (χ0) is 17.2. The van der Waals surface area contributed by atoms with Crippen LogP contribution >= 0.6 is 0 Å². The molecule has 1 aliphatic rings. The van der Waals surface area contributed by atoms with E-state index < -0.39 is 12.1 Å². The number of hydrogen-bond donors (Lipinski definition) is 2. The summed E-state index contributed by atoms with van der Waals surface area (Å²) in [7, 11) is 0. The molecule has 1 aromatic heterocycles. The van der Waals surface area contributed by atoms with E-state index >= 15 is 0 Å². The molecule has 6 heteroatoms. The lowest BCUT2D eigenvalue weighted by Crippen LogP contribution is -2.38. The van der Waals surface area contributed by atoms with Crippen molar-refractivity contribution in [1.29, 1.82) is 0 Å². The van der Waals surface area contributed by atoms with Gasteiger partial charge < -0.3 is 10.1 Å². The molecule has 0 radical (unpaired) electrons. The maximum absolute atomic E-state index is 12.6. The predicted octanol–water partition coefficient (Wildman–Crippen LogP) is 2.80. The van der Waals surface area contributed by atoms with Crippen LogP contribution in [-0.4, -0.2) is 28.2 Å². The highest BCUT2D eigenvalue weighted by atomic mass is 16.5. The summed E-state index contributed by atoms with van der Waals surface area (Å²) in [5, 5.41) is 9.68. The van der Waals surface area contributed by atoms with Crippen molar-refractivity contribution in [2.24, 2.45) is 0 Å². The van der Waals surface area contributed by atoms with Gasteiger partial charge in [0.1, 0.15) is 0 Å². The Morgan fingerprint density at radius 2 is 1.88 bits per heavy atom. The second kappa shape index (κ2) is 6.24. The molecule has 4 rings (SSSR count). The van der Waals surface area contributed by atoms with Crippen LogP contribution in [0.25, 0.3) is 11.3 Å². The van der Waals surface area contributed by atoms with E-state index in [0.29, 0.717) is 23.4 Å². The molecule has 2 heterocycles. The summed E-state index contributed by atoms with van der Waals surface area (Å²) in [4.78, 5) is 24.6. The molecule has 1 atom stereocenters. The molecule has 0 spiro atoms. The summed E-state index contributed by atoms with van der Waals surface area (Å²) < 4.78 is 5.29. The van der Waals surface area contributed by atoms with Gasteiger partial charge in [-0.1, -0.05) is 48.5 Å². The number of aromatic nitrogens is 2. The van der Waals surface area contributed by atoms with Crippen molar-refractivity contribution in [3.8, 4) is 11.3 Å². The zero-order valence-corrected chi connectivity index (χ0v) is 13.2. The van der Waals surface area contributed by atoms with E-state index in [4.69, 9.17) is 4.74 Å². The van der Waals surface area contributed by atoms with E-state index in [1.807, 2.05) is 42.5 Å². The number of fused-ring (bicyclic) bond motifs is 1. The van der Waals surface area contributed by atoms with Crippen LogP contribution in [0.1, 0.15) is 15.9 Å². The largest absolute Gasteiger partial charge is 0.448 e. The summed E-state index contributed by atoms with van der Waals surface area (Å²) in [6.45, 7) is 0. The number of nitrogens with zero attached hydrogens (tertiary/aromatic N) is 1. The Morgan fingerprint density at radius 3 is 2.72 bits per heavy atom. The van der Waals surface area contributed by atoms with Gasteiger partial charge in [-0.15, -0.1) is 0 Å². The number of esters is 1. The molecule has 1 aliphatic heterocycles. The van der Waals surface area contributed by atoms with Crippen LogP contribution in [0.4, 0.5) is 5.69 Å². The zero-order valence-electron chi connectivity index (χ0n) is 13.2. The summed E-state index contributed by atoms with van der Waals surface area (Å²) in [5.74, 6) is -0.848. The lowest BCUT2D eigenvalue weighted by atomic mass is 9.98. The minimum atomic E-state index is -0.860. The number of aromatic amines is 1. The van der Waals surface area contributed by atoms with Crippen LogP contribution in [0.5, 0.6) is 0 Å². The first-order valence-corrected chi connectivity index (χ1v) is 7.91. The summed E-state index contributed by atoms with van der Waals surface area (Å²) in [5.41, 5.74) is 3.48. The van der Waals surface area contributed by atoms with Crippen molar-refractivity contribution in [2.45, 2.75) is 12.5 Å². The monoisotopic (exact) mass is 333 g/mol. The quantitative estimate of drug-likeness (QED) is 0.722. The molecule has 0 aliphatic carbocycles. The third kappa shape index (κ3) is 2.89. The summed E-state index contributed by atoms with van der Waals surface area (Å²) in [6, 6.07) is 16.7. The standard InChI is InChI=1S/C19H15N3O3/c23-18(16-10-13-8-4-5-9-14(13)19(24)25-16)21-15-11-20-22-17(15)12-6-2-1-3-7-12/h1-9,11,16H,10H2,(H,20,22)(H,21,23)/t16-/m0/s1. The number of cyclic esters (lactones) is 1. The third-order valence-corrected chi connectivity index (χ3v) is 4.14. The molecule has 2 aromatic carbocycles. The fraction of sp³-hybridized carbons (Fsp3) is 0.105. The smallest absolute Gasteiger partial charge is 0.339 e. The van der Waals surface area contributed by atoms with Crippen LogP contribution < -0.4 is 5.32 Å². The fourth-order valence-electron chi connectivity index (χ4n) is 2.90. The van der Waals surface area contributed by atoms with Crippen molar-refractivity contribution in [3.05, 3.63) is 71.9 Å². The van der Waals surface area contributed by atoms with E-state index in [1.165, 1.54) is 0 Å². The maximum atomic E-state index is 12.6. The topological polar surface area (TPSA) is 84.1 Å². The molecule has 25 heavy (non-hydrogen) atoms.